The highest BCUT2D eigenvalue weighted by atomic mass is 16.3. The number of hydrogen-bond acceptors (Lipinski definition) is 3. The topological polar surface area (TPSA) is 19.6 Å². The largest absolute Gasteiger partial charge is 0.456 e. The van der Waals surface area contributed by atoms with E-state index in [1.165, 1.54) is 55.5 Å². The number of para-hydroxylation sites is 4. The average Bonchev–Trinajstić information content (AvgIpc) is 3.84. The van der Waals surface area contributed by atoms with Gasteiger partial charge in [0.1, 0.15) is 11.2 Å². The molecule has 10 aromatic rings. The van der Waals surface area contributed by atoms with Crippen LogP contribution >= 0.6 is 0 Å². The van der Waals surface area contributed by atoms with E-state index in [1.54, 1.807) is 0 Å². The first kappa shape index (κ1) is 36.0. The molecule has 2 aliphatic rings. The number of furan rings is 1. The van der Waals surface area contributed by atoms with E-state index < -0.39 is 0 Å². The van der Waals surface area contributed by atoms with E-state index in [0.717, 1.165) is 56.6 Å². The van der Waals surface area contributed by atoms with Gasteiger partial charge in [-0.1, -0.05) is 164 Å². The first-order valence-electron chi connectivity index (χ1n) is 21.5. The van der Waals surface area contributed by atoms with Gasteiger partial charge in [0.15, 0.2) is 0 Å². The number of benzene rings is 9. The van der Waals surface area contributed by atoms with E-state index in [-0.39, 0.29) is 5.54 Å². The summed E-state index contributed by atoms with van der Waals surface area (Å²) < 4.78 is 6.19. The summed E-state index contributed by atoms with van der Waals surface area (Å²) in [4.78, 5) is 5.02. The summed E-state index contributed by atoms with van der Waals surface area (Å²) in [5.41, 5.74) is 17.1. The van der Waals surface area contributed by atoms with Gasteiger partial charge in [-0.3, -0.25) is 0 Å². The highest BCUT2D eigenvalue weighted by Crippen LogP contribution is 2.55. The predicted molar refractivity (Wildman–Crippen MR) is 260 cm³/mol. The van der Waals surface area contributed by atoms with E-state index in [0.29, 0.717) is 0 Å². The van der Waals surface area contributed by atoms with Crippen molar-refractivity contribution in [3.63, 3.8) is 0 Å². The molecule has 1 unspecified atom stereocenters. The smallest absolute Gasteiger partial charge is 0.135 e. The van der Waals surface area contributed by atoms with Crippen molar-refractivity contribution in [2.75, 3.05) is 9.80 Å². The highest BCUT2D eigenvalue weighted by molar-refractivity contribution is 6.09. The second-order valence-corrected chi connectivity index (χ2v) is 16.6. The fourth-order valence-corrected chi connectivity index (χ4v) is 10.1. The fourth-order valence-electron chi connectivity index (χ4n) is 10.1. The third-order valence-electron chi connectivity index (χ3n) is 13.0. The molecule has 1 aliphatic carbocycles. The summed E-state index contributed by atoms with van der Waals surface area (Å²) in [7, 11) is 0. The molecule has 62 heavy (non-hydrogen) atoms. The summed E-state index contributed by atoms with van der Waals surface area (Å²) in [5.74, 6) is 0. The molecule has 0 radical (unpaired) electrons. The first-order chi connectivity index (χ1) is 30.6. The normalized spacial score (nSPS) is 15.7. The van der Waals surface area contributed by atoms with Crippen LogP contribution in [0.4, 0.5) is 22.7 Å². The zero-order valence-corrected chi connectivity index (χ0v) is 34.4. The molecule has 294 valence electrons. The Balaban J connectivity index is 1.04. The van der Waals surface area contributed by atoms with Crippen LogP contribution in [0.3, 0.4) is 0 Å². The Hall–Kier alpha value is -7.88. The van der Waals surface area contributed by atoms with Gasteiger partial charge in [-0.15, -0.1) is 0 Å². The molecule has 0 saturated carbocycles. The quantitative estimate of drug-likeness (QED) is 0.160. The molecule has 0 bridgehead atoms. The molecule has 1 atom stereocenters. The van der Waals surface area contributed by atoms with Gasteiger partial charge in [-0.2, -0.15) is 0 Å². The maximum atomic E-state index is 6.19. The highest BCUT2D eigenvalue weighted by Gasteiger charge is 2.46. The molecular formula is C59H42N2O. The lowest BCUT2D eigenvalue weighted by molar-refractivity contribution is 0.603. The third kappa shape index (κ3) is 5.73. The molecule has 0 spiro atoms. The second-order valence-electron chi connectivity index (χ2n) is 16.6. The van der Waals surface area contributed by atoms with E-state index in [1.807, 2.05) is 12.1 Å². The SMILES string of the molecule is CC12CC=C(N(c3ccc(-c4ccc5oc6ccccc6c5c4)cc3)c3ccccc3-c3cccc4cccc(-c5ccccc5)c34)C=C1c1ccccc1N2c1ccccc1. The van der Waals surface area contributed by atoms with Crippen LogP contribution in [-0.2, 0) is 0 Å². The Kier molecular flexibility index (Phi) is 8.36. The molecule has 0 N–H and O–H groups in total. The Morgan fingerprint density at radius 2 is 1.15 bits per heavy atom. The molecule has 1 aromatic heterocycles. The number of hydrogen-bond donors (Lipinski definition) is 0. The standard InChI is InChI=1S/C59H42N2O/c1-59-37-36-46(39-53(59)51-24-9-12-28-55(51)61(59)45-20-6-3-7-21-45)60(44-33-30-40(31-34-44)43-32-35-57-52(38-43)49-23-10-13-29-56(49)62-57)54-27-11-8-22-48(54)50-26-15-19-42-18-14-25-47(58(42)50)41-16-4-2-5-17-41/h2-36,38-39H,37H2,1H3. The van der Waals surface area contributed by atoms with Crippen molar-refractivity contribution >= 4 is 61.0 Å². The summed E-state index contributed by atoms with van der Waals surface area (Å²) in [6.07, 6.45) is 5.73. The minimum Gasteiger partial charge on any atom is -0.456 e. The lowest BCUT2D eigenvalue weighted by Crippen LogP contribution is -2.41. The van der Waals surface area contributed by atoms with Gasteiger partial charge in [-0.05, 0) is 118 Å². The Morgan fingerprint density at radius 1 is 0.500 bits per heavy atom. The van der Waals surface area contributed by atoms with E-state index in [9.17, 15) is 0 Å². The van der Waals surface area contributed by atoms with Crippen LogP contribution in [0.5, 0.6) is 0 Å². The molecule has 2 heterocycles. The number of rotatable bonds is 7. The Labute approximate surface area is 361 Å². The molecule has 3 nitrogen and oxygen atoms in total. The van der Waals surface area contributed by atoms with Crippen molar-refractivity contribution in [1.29, 1.82) is 0 Å². The summed E-state index contributed by atoms with van der Waals surface area (Å²) in [6.45, 7) is 2.40. The monoisotopic (exact) mass is 794 g/mol. The van der Waals surface area contributed by atoms with Crippen LogP contribution in [-0.4, -0.2) is 5.54 Å². The van der Waals surface area contributed by atoms with E-state index in [4.69, 9.17) is 4.42 Å². The van der Waals surface area contributed by atoms with Gasteiger partial charge in [0.25, 0.3) is 0 Å². The van der Waals surface area contributed by atoms with Crippen molar-refractivity contribution in [1.82, 2.24) is 0 Å². The minimum atomic E-state index is -0.264. The third-order valence-corrected chi connectivity index (χ3v) is 13.0. The van der Waals surface area contributed by atoms with Crippen molar-refractivity contribution in [2.45, 2.75) is 18.9 Å². The van der Waals surface area contributed by atoms with Gasteiger partial charge in [0, 0.05) is 44.7 Å². The van der Waals surface area contributed by atoms with Crippen LogP contribution in [0.15, 0.2) is 235 Å². The number of nitrogens with zero attached hydrogens (tertiary/aromatic N) is 2. The van der Waals surface area contributed by atoms with E-state index in [2.05, 4.69) is 229 Å². The molecule has 12 rings (SSSR count). The van der Waals surface area contributed by atoms with Crippen LogP contribution in [0.25, 0.3) is 71.7 Å². The summed E-state index contributed by atoms with van der Waals surface area (Å²) in [5, 5.41) is 4.73. The number of anilines is 4. The van der Waals surface area contributed by atoms with Crippen LogP contribution in [0, 0.1) is 0 Å². The second kappa shape index (κ2) is 14.4. The maximum absolute atomic E-state index is 6.19. The van der Waals surface area contributed by atoms with Gasteiger partial charge in [-0.25, -0.2) is 0 Å². The molecule has 0 amide bonds. The lowest BCUT2D eigenvalue weighted by Gasteiger charge is -2.41. The molecule has 3 heteroatoms. The zero-order chi connectivity index (χ0) is 41.2. The summed E-state index contributed by atoms with van der Waals surface area (Å²) >= 11 is 0. The molecule has 0 fully saturated rings. The molecule has 9 aromatic carbocycles. The number of allylic oxidation sites excluding steroid dienone is 1. The fraction of sp³-hybridized carbons (Fsp3) is 0.0508. The van der Waals surface area contributed by atoms with Gasteiger partial charge in [0.2, 0.25) is 0 Å². The molecule has 1 aliphatic heterocycles. The zero-order valence-electron chi connectivity index (χ0n) is 34.4. The first-order valence-corrected chi connectivity index (χ1v) is 21.5. The number of fused-ring (bicyclic) bond motifs is 7. The van der Waals surface area contributed by atoms with E-state index >= 15 is 0 Å². The summed E-state index contributed by atoms with van der Waals surface area (Å²) in [6, 6.07) is 76.8. The average molecular weight is 795 g/mol. The lowest BCUT2D eigenvalue weighted by atomic mass is 9.82. The van der Waals surface area contributed by atoms with Gasteiger partial charge >= 0.3 is 0 Å². The van der Waals surface area contributed by atoms with Crippen LogP contribution in [0.2, 0.25) is 0 Å². The molecule has 0 saturated heterocycles. The van der Waals surface area contributed by atoms with Crippen LogP contribution in [0.1, 0.15) is 18.9 Å². The van der Waals surface area contributed by atoms with Crippen molar-refractivity contribution in [3.05, 3.63) is 236 Å². The van der Waals surface area contributed by atoms with Gasteiger partial charge < -0.3 is 14.2 Å². The Morgan fingerprint density at radius 3 is 1.97 bits per heavy atom. The minimum absolute atomic E-state index is 0.264. The maximum Gasteiger partial charge on any atom is 0.135 e. The van der Waals surface area contributed by atoms with Crippen molar-refractivity contribution < 1.29 is 4.42 Å². The molecular weight excluding hydrogens is 753 g/mol. The van der Waals surface area contributed by atoms with Crippen molar-refractivity contribution in [3.8, 4) is 33.4 Å². The van der Waals surface area contributed by atoms with Gasteiger partial charge in [0.05, 0.1) is 11.2 Å². The van der Waals surface area contributed by atoms with Crippen LogP contribution < -0.4 is 9.80 Å². The predicted octanol–water partition coefficient (Wildman–Crippen LogP) is 16.2. The Bertz CT molecular complexity index is 3390. The van der Waals surface area contributed by atoms with Crippen molar-refractivity contribution in [2.24, 2.45) is 0 Å².